The first-order valence-electron chi connectivity index (χ1n) is 6.98. The van der Waals surface area contributed by atoms with Crippen molar-refractivity contribution in [2.75, 3.05) is 0 Å². The van der Waals surface area contributed by atoms with Gasteiger partial charge in [-0.1, -0.05) is 53.7 Å². The Labute approximate surface area is 123 Å². The second-order valence-corrected chi connectivity index (χ2v) is 6.00. The van der Waals surface area contributed by atoms with E-state index >= 15 is 0 Å². The fourth-order valence-corrected chi connectivity index (χ4v) is 2.87. The summed E-state index contributed by atoms with van der Waals surface area (Å²) in [5.41, 5.74) is 1.03. The minimum Gasteiger partial charge on any atom is -0.350 e. The van der Waals surface area contributed by atoms with Crippen LogP contribution in [0.15, 0.2) is 34.8 Å². The quantitative estimate of drug-likeness (QED) is 0.652. The summed E-state index contributed by atoms with van der Waals surface area (Å²) in [6.07, 6.45) is 10.8. The van der Waals surface area contributed by atoms with Gasteiger partial charge in [0.1, 0.15) is 0 Å². The van der Waals surface area contributed by atoms with Crippen LogP contribution in [-0.4, -0.2) is 11.9 Å². The number of rotatable bonds is 3. The van der Waals surface area contributed by atoms with Gasteiger partial charge in [-0.25, -0.2) is 0 Å². The molecule has 19 heavy (non-hydrogen) atoms. The number of nitrogens with one attached hydrogen (secondary N) is 1. The van der Waals surface area contributed by atoms with Crippen LogP contribution in [0.25, 0.3) is 6.08 Å². The maximum atomic E-state index is 11.9. The number of amides is 1. The summed E-state index contributed by atoms with van der Waals surface area (Å²) in [5.74, 6) is 0.0203. The second kappa shape index (κ2) is 7.49. The van der Waals surface area contributed by atoms with Crippen LogP contribution in [0.1, 0.15) is 44.1 Å². The molecule has 2 rings (SSSR count). The van der Waals surface area contributed by atoms with Crippen LogP contribution in [0.3, 0.4) is 0 Å². The molecule has 0 unspecified atom stereocenters. The van der Waals surface area contributed by atoms with E-state index in [2.05, 4.69) is 21.2 Å². The Balaban J connectivity index is 1.86. The Morgan fingerprint density at radius 2 is 1.95 bits per heavy atom. The predicted molar refractivity (Wildman–Crippen MR) is 82.8 cm³/mol. The van der Waals surface area contributed by atoms with Gasteiger partial charge in [-0.05, 0) is 36.6 Å². The van der Waals surface area contributed by atoms with Gasteiger partial charge in [-0.3, -0.25) is 4.79 Å². The monoisotopic (exact) mass is 321 g/mol. The van der Waals surface area contributed by atoms with Crippen molar-refractivity contribution >= 4 is 27.9 Å². The van der Waals surface area contributed by atoms with E-state index in [0.717, 1.165) is 22.9 Å². The van der Waals surface area contributed by atoms with Gasteiger partial charge in [0.05, 0.1) is 0 Å². The lowest BCUT2D eigenvalue weighted by atomic mass is 10.1. The van der Waals surface area contributed by atoms with Gasteiger partial charge in [0.25, 0.3) is 0 Å². The number of carbonyl (C=O) groups excluding carboxylic acids is 1. The number of halogens is 1. The minimum atomic E-state index is 0.0203. The minimum absolute atomic E-state index is 0.0203. The molecule has 0 bridgehead atoms. The van der Waals surface area contributed by atoms with Crippen LogP contribution in [0.5, 0.6) is 0 Å². The van der Waals surface area contributed by atoms with Gasteiger partial charge >= 0.3 is 0 Å². The molecule has 1 aliphatic carbocycles. The number of hydrogen-bond acceptors (Lipinski definition) is 1. The van der Waals surface area contributed by atoms with Gasteiger partial charge in [-0.2, -0.15) is 0 Å². The zero-order chi connectivity index (χ0) is 13.5. The lowest BCUT2D eigenvalue weighted by molar-refractivity contribution is -0.117. The number of carbonyl (C=O) groups is 1. The van der Waals surface area contributed by atoms with E-state index in [1.807, 2.05) is 30.3 Å². The summed E-state index contributed by atoms with van der Waals surface area (Å²) in [5, 5.41) is 3.11. The van der Waals surface area contributed by atoms with Gasteiger partial charge in [0.15, 0.2) is 0 Å². The molecule has 0 atom stereocenters. The van der Waals surface area contributed by atoms with Crippen LogP contribution in [-0.2, 0) is 4.79 Å². The Bertz CT molecular complexity index is 448. The molecule has 1 fully saturated rings. The molecule has 0 radical (unpaired) electrons. The van der Waals surface area contributed by atoms with Gasteiger partial charge in [0.2, 0.25) is 5.91 Å². The summed E-state index contributed by atoms with van der Waals surface area (Å²) >= 11 is 3.42. The second-order valence-electron chi connectivity index (χ2n) is 5.09. The molecule has 0 aromatic heterocycles. The van der Waals surface area contributed by atoms with Crippen molar-refractivity contribution in [2.45, 2.75) is 44.6 Å². The van der Waals surface area contributed by atoms with Gasteiger partial charge < -0.3 is 5.32 Å². The van der Waals surface area contributed by atoms with Crippen LogP contribution in [0, 0.1) is 0 Å². The molecule has 1 aromatic carbocycles. The largest absolute Gasteiger partial charge is 0.350 e. The highest BCUT2D eigenvalue weighted by Gasteiger charge is 2.12. The highest BCUT2D eigenvalue weighted by molar-refractivity contribution is 9.10. The van der Waals surface area contributed by atoms with Gasteiger partial charge in [-0.15, -0.1) is 0 Å². The predicted octanol–water partition coefficient (Wildman–Crippen LogP) is 4.30. The smallest absolute Gasteiger partial charge is 0.244 e. The number of benzene rings is 1. The third-order valence-electron chi connectivity index (χ3n) is 3.48. The third kappa shape index (κ3) is 5.19. The molecule has 2 nitrogen and oxygen atoms in total. The summed E-state index contributed by atoms with van der Waals surface area (Å²) in [6, 6.07) is 8.29. The standard InChI is InChI=1S/C16H20BrNO/c17-14-7-5-6-13(12-14)10-11-16(19)18-15-8-3-1-2-4-9-15/h5-7,10-12,15H,1-4,8-9H2,(H,18,19)/b11-10+. The topological polar surface area (TPSA) is 29.1 Å². The van der Waals surface area contributed by atoms with Crippen LogP contribution in [0.4, 0.5) is 0 Å². The van der Waals surface area contributed by atoms with Crippen molar-refractivity contribution in [1.29, 1.82) is 0 Å². The normalized spacial score (nSPS) is 17.3. The van der Waals surface area contributed by atoms with Crippen molar-refractivity contribution in [3.05, 3.63) is 40.4 Å². The van der Waals surface area contributed by atoms with E-state index in [4.69, 9.17) is 0 Å². The summed E-state index contributed by atoms with van der Waals surface area (Å²) in [7, 11) is 0. The Morgan fingerprint density at radius 3 is 2.63 bits per heavy atom. The van der Waals surface area contributed by atoms with E-state index in [-0.39, 0.29) is 5.91 Å². The van der Waals surface area contributed by atoms with E-state index in [1.54, 1.807) is 6.08 Å². The average Bonchev–Trinajstić information content (AvgIpc) is 2.65. The highest BCUT2D eigenvalue weighted by Crippen LogP contribution is 2.17. The Hall–Kier alpha value is -1.09. The van der Waals surface area contributed by atoms with Crippen LogP contribution in [0.2, 0.25) is 0 Å². The summed E-state index contributed by atoms with van der Waals surface area (Å²) < 4.78 is 1.03. The fraction of sp³-hybridized carbons (Fsp3) is 0.438. The van der Waals surface area contributed by atoms with Crippen molar-refractivity contribution in [3.8, 4) is 0 Å². The molecule has 1 saturated carbocycles. The summed E-state index contributed by atoms with van der Waals surface area (Å²) in [4.78, 5) is 11.9. The maximum absolute atomic E-state index is 11.9. The van der Waals surface area contributed by atoms with E-state index < -0.39 is 0 Å². The molecule has 1 aliphatic rings. The van der Waals surface area contributed by atoms with E-state index in [9.17, 15) is 4.79 Å². The van der Waals surface area contributed by atoms with Crippen LogP contribution < -0.4 is 5.32 Å². The fourth-order valence-electron chi connectivity index (χ4n) is 2.46. The molecule has 0 saturated heterocycles. The highest BCUT2D eigenvalue weighted by atomic mass is 79.9. The first kappa shape index (κ1) is 14.3. The lowest BCUT2D eigenvalue weighted by Crippen LogP contribution is -2.33. The molecule has 1 N–H and O–H groups in total. The first-order chi connectivity index (χ1) is 9.24. The van der Waals surface area contributed by atoms with Crippen molar-refractivity contribution in [1.82, 2.24) is 5.32 Å². The zero-order valence-electron chi connectivity index (χ0n) is 11.1. The zero-order valence-corrected chi connectivity index (χ0v) is 12.7. The Morgan fingerprint density at radius 1 is 1.21 bits per heavy atom. The van der Waals surface area contributed by atoms with Crippen LogP contribution >= 0.6 is 15.9 Å². The first-order valence-corrected chi connectivity index (χ1v) is 7.77. The lowest BCUT2D eigenvalue weighted by Gasteiger charge is -2.14. The molecule has 1 aromatic rings. The Kier molecular flexibility index (Phi) is 5.64. The molecule has 1 amide bonds. The maximum Gasteiger partial charge on any atom is 0.244 e. The molecule has 0 aliphatic heterocycles. The third-order valence-corrected chi connectivity index (χ3v) is 3.97. The summed E-state index contributed by atoms with van der Waals surface area (Å²) in [6.45, 7) is 0. The molecule has 3 heteroatoms. The van der Waals surface area contributed by atoms with Crippen molar-refractivity contribution in [3.63, 3.8) is 0 Å². The number of hydrogen-bond donors (Lipinski definition) is 1. The van der Waals surface area contributed by atoms with Crippen molar-refractivity contribution < 1.29 is 4.79 Å². The van der Waals surface area contributed by atoms with E-state index in [0.29, 0.717) is 6.04 Å². The molecule has 0 heterocycles. The SMILES string of the molecule is O=C(/C=C/c1cccc(Br)c1)NC1CCCCCC1. The molecular formula is C16H20BrNO. The average molecular weight is 322 g/mol. The molecular weight excluding hydrogens is 302 g/mol. The van der Waals surface area contributed by atoms with Gasteiger partial charge in [0, 0.05) is 16.6 Å². The van der Waals surface area contributed by atoms with Crippen molar-refractivity contribution in [2.24, 2.45) is 0 Å². The van der Waals surface area contributed by atoms with E-state index in [1.165, 1.54) is 25.7 Å². The molecule has 0 spiro atoms. The molecule has 102 valence electrons.